The van der Waals surface area contributed by atoms with E-state index in [1.165, 1.54) is 64.7 Å². The first-order chi connectivity index (χ1) is 33.3. The van der Waals surface area contributed by atoms with Gasteiger partial charge in [-0.3, -0.25) is 4.79 Å². The van der Waals surface area contributed by atoms with Gasteiger partial charge < -0.3 is 113 Å². The second-order valence-electron chi connectivity index (χ2n) is 16.3. The molecule has 70 heavy (non-hydrogen) atoms. The maximum atomic E-state index is 14.6. The van der Waals surface area contributed by atoms with Crippen molar-refractivity contribution in [2.75, 3.05) is 34.5 Å². The highest BCUT2D eigenvalue weighted by Gasteiger charge is 2.52. The Morgan fingerprint density at radius 2 is 1.30 bits per heavy atom. The summed E-state index contributed by atoms with van der Waals surface area (Å²) in [6.07, 6.45) is -24.8. The highest BCUT2D eigenvalue weighted by Crippen LogP contribution is 2.42. The number of fused-ring (bicyclic) bond motifs is 1. The summed E-state index contributed by atoms with van der Waals surface area (Å²) >= 11 is 0. The van der Waals surface area contributed by atoms with E-state index >= 15 is 0 Å². The van der Waals surface area contributed by atoms with Crippen molar-refractivity contribution in [2.24, 2.45) is 0 Å². The molecule has 0 bridgehead atoms. The van der Waals surface area contributed by atoms with Gasteiger partial charge in [0.1, 0.15) is 90.1 Å². The monoisotopic (exact) mass is 992 g/mol. The van der Waals surface area contributed by atoms with Gasteiger partial charge in [-0.05, 0) is 48.9 Å². The Hall–Kier alpha value is -6.04. The van der Waals surface area contributed by atoms with E-state index in [1.54, 1.807) is 0 Å². The molecule has 15 atom stereocenters. The third-order valence-electron chi connectivity index (χ3n) is 11.7. The zero-order valence-corrected chi connectivity index (χ0v) is 37.4. The van der Waals surface area contributed by atoms with Crippen LogP contribution >= 0.6 is 0 Å². The standard InChI is InChI=1S/C45H52O25/c1-16-30(50)35(55)38(58)43(64-16)65-19-12-21(48)29-23(13-19)66-40(18-6-7-20(47)22(11-18)60-2)41(34(29)54)69-45-42(37(57)32(52)26(14-46)67-45)70-44-39(59)36(56)33(53)27(68-44)15-63-28(49)8-5-17-9-24(61-3)31(51)25(10-17)62-4/h5-13,16,26-27,30,32-33,35-39,42-48,50-53,55-59H,14-15H2,1-4H3. The van der Waals surface area contributed by atoms with Crippen LogP contribution in [0.2, 0.25) is 0 Å². The second-order valence-corrected chi connectivity index (χ2v) is 16.3. The van der Waals surface area contributed by atoms with E-state index in [9.17, 15) is 70.9 Å². The first-order valence-corrected chi connectivity index (χ1v) is 21.3. The topological polar surface area (TPSA) is 382 Å². The number of esters is 1. The van der Waals surface area contributed by atoms with Crippen molar-refractivity contribution in [3.8, 4) is 57.3 Å². The average Bonchev–Trinajstić information content (AvgIpc) is 3.34. The summed E-state index contributed by atoms with van der Waals surface area (Å²) < 4.78 is 61.5. The summed E-state index contributed by atoms with van der Waals surface area (Å²) in [4.78, 5) is 27.3. The first-order valence-electron chi connectivity index (χ1n) is 21.3. The molecule has 4 heterocycles. The van der Waals surface area contributed by atoms with E-state index < -0.39 is 139 Å². The molecular formula is C45H52O25. The molecule has 0 saturated carbocycles. The molecule has 0 amide bonds. The van der Waals surface area contributed by atoms with Crippen molar-refractivity contribution in [1.29, 1.82) is 0 Å². The zero-order chi connectivity index (χ0) is 50.9. The number of phenolic OH excluding ortho intramolecular Hbond substituents is 3. The number of aliphatic hydroxyl groups excluding tert-OH is 9. The average molecular weight is 993 g/mol. The summed E-state index contributed by atoms with van der Waals surface area (Å²) in [5, 5.41) is 128. The van der Waals surface area contributed by atoms with Crippen molar-refractivity contribution in [2.45, 2.75) is 99.0 Å². The van der Waals surface area contributed by atoms with Crippen molar-refractivity contribution in [3.63, 3.8) is 0 Å². The third-order valence-corrected chi connectivity index (χ3v) is 11.7. The number of benzene rings is 3. The maximum Gasteiger partial charge on any atom is 0.330 e. The quantitative estimate of drug-likeness (QED) is 0.0456. The van der Waals surface area contributed by atoms with E-state index in [0.29, 0.717) is 5.56 Å². The lowest BCUT2D eigenvalue weighted by molar-refractivity contribution is -0.358. The number of carbonyl (C=O) groups excluding carboxylic acids is 1. The number of methoxy groups -OCH3 is 3. The van der Waals surface area contributed by atoms with Crippen LogP contribution in [0.1, 0.15) is 12.5 Å². The number of hydrogen-bond donors (Lipinski definition) is 12. The molecule has 0 spiro atoms. The molecule has 25 nitrogen and oxygen atoms in total. The minimum Gasteiger partial charge on any atom is -0.507 e. The van der Waals surface area contributed by atoms with Gasteiger partial charge in [0.15, 0.2) is 41.2 Å². The molecule has 3 aliphatic heterocycles. The van der Waals surface area contributed by atoms with Crippen LogP contribution in [0.3, 0.4) is 0 Å². The van der Waals surface area contributed by atoms with Gasteiger partial charge in [0.05, 0.1) is 34.0 Å². The fraction of sp³-hybridized carbons (Fsp3) is 0.467. The van der Waals surface area contributed by atoms with Gasteiger partial charge in [-0.25, -0.2) is 4.79 Å². The maximum absolute atomic E-state index is 14.6. The minimum atomic E-state index is -2.11. The van der Waals surface area contributed by atoms with Crippen molar-refractivity contribution in [3.05, 3.63) is 64.3 Å². The molecule has 25 heteroatoms. The highest BCUT2D eigenvalue weighted by atomic mass is 16.8. The van der Waals surface area contributed by atoms with Crippen molar-refractivity contribution < 1.29 is 118 Å². The van der Waals surface area contributed by atoms with Crippen LogP contribution in [-0.2, 0) is 28.5 Å². The van der Waals surface area contributed by atoms with Crippen molar-refractivity contribution >= 4 is 23.0 Å². The predicted octanol–water partition coefficient (Wildman–Crippen LogP) is -1.92. The normalized spacial score (nSPS) is 31.3. The summed E-state index contributed by atoms with van der Waals surface area (Å²) in [6.45, 7) is -0.296. The molecule has 3 aromatic carbocycles. The Morgan fingerprint density at radius 3 is 1.96 bits per heavy atom. The SMILES string of the molecule is COc1cc(-c2oc3cc(OC4OC(C)C(O)C(O)C4O)cc(O)c3c(=O)c2OC2OC(CO)C(O)C(O)C2OC2OC(COC(=O)C=Cc3cc(OC)c(O)c(OC)c3)C(O)C(O)C2O)ccc1O. The molecule has 0 radical (unpaired) electrons. The molecule has 3 fully saturated rings. The summed E-state index contributed by atoms with van der Waals surface area (Å²) in [6, 6.07) is 8.50. The Labute approximate surface area is 395 Å². The first kappa shape index (κ1) is 51.8. The molecule has 15 unspecified atom stereocenters. The lowest BCUT2D eigenvalue weighted by Crippen LogP contribution is -2.65. The fourth-order valence-electron chi connectivity index (χ4n) is 7.81. The third kappa shape index (κ3) is 10.4. The fourth-order valence-corrected chi connectivity index (χ4v) is 7.81. The van der Waals surface area contributed by atoms with E-state index in [1.807, 2.05) is 0 Å². The van der Waals surface area contributed by atoms with Gasteiger partial charge >= 0.3 is 5.97 Å². The Balaban J connectivity index is 1.19. The van der Waals surface area contributed by atoms with E-state index in [0.717, 1.165) is 18.2 Å². The van der Waals surface area contributed by atoms with Crippen LogP contribution < -0.4 is 29.1 Å². The van der Waals surface area contributed by atoms with Gasteiger partial charge in [-0.15, -0.1) is 0 Å². The number of ether oxygens (including phenoxy) is 10. The molecule has 3 aliphatic rings. The Bertz CT molecular complexity index is 2560. The van der Waals surface area contributed by atoms with E-state index in [-0.39, 0.29) is 45.6 Å². The zero-order valence-electron chi connectivity index (χ0n) is 37.4. The van der Waals surface area contributed by atoms with Crippen molar-refractivity contribution in [1.82, 2.24) is 0 Å². The van der Waals surface area contributed by atoms with E-state index in [4.69, 9.17) is 51.8 Å². The number of carbonyl (C=O) groups is 1. The summed E-state index contributed by atoms with van der Waals surface area (Å²) in [5.74, 6) is -3.97. The minimum absolute atomic E-state index is 0.0306. The van der Waals surface area contributed by atoms with Crippen LogP contribution in [0, 0.1) is 0 Å². The number of rotatable bonds is 15. The van der Waals surface area contributed by atoms with Crippen LogP contribution in [0.5, 0.6) is 46.0 Å². The molecular weight excluding hydrogens is 940 g/mol. The van der Waals surface area contributed by atoms with Gasteiger partial charge in [-0.2, -0.15) is 0 Å². The van der Waals surface area contributed by atoms with Crippen LogP contribution in [0.15, 0.2) is 57.8 Å². The number of phenols is 3. The molecule has 1 aromatic heterocycles. The second kappa shape index (κ2) is 21.5. The number of hydrogen-bond acceptors (Lipinski definition) is 25. The summed E-state index contributed by atoms with van der Waals surface area (Å²) in [7, 11) is 3.84. The van der Waals surface area contributed by atoms with Gasteiger partial charge in [0.2, 0.25) is 29.5 Å². The number of aromatic hydroxyl groups is 3. The van der Waals surface area contributed by atoms with Gasteiger partial charge in [-0.1, -0.05) is 0 Å². The molecule has 0 aliphatic carbocycles. The Morgan fingerprint density at radius 1 is 0.671 bits per heavy atom. The smallest absolute Gasteiger partial charge is 0.330 e. The molecule has 7 rings (SSSR count). The molecule has 4 aromatic rings. The number of aliphatic hydroxyl groups is 9. The summed E-state index contributed by atoms with van der Waals surface area (Å²) in [5.41, 5.74) is -1.21. The van der Waals surface area contributed by atoms with Crippen LogP contribution in [-0.4, -0.2) is 194 Å². The molecule has 12 N–H and O–H groups in total. The molecule has 3 saturated heterocycles. The van der Waals surface area contributed by atoms with Crippen LogP contribution in [0.25, 0.3) is 28.4 Å². The van der Waals surface area contributed by atoms with Gasteiger partial charge in [0, 0.05) is 23.8 Å². The lowest BCUT2D eigenvalue weighted by Gasteiger charge is -2.45. The molecule has 382 valence electrons. The van der Waals surface area contributed by atoms with Gasteiger partial charge in [0.25, 0.3) is 0 Å². The predicted molar refractivity (Wildman–Crippen MR) is 232 cm³/mol. The lowest BCUT2D eigenvalue weighted by atomic mass is 9.97. The Kier molecular flexibility index (Phi) is 15.9. The van der Waals surface area contributed by atoms with Crippen LogP contribution in [0.4, 0.5) is 0 Å². The van der Waals surface area contributed by atoms with E-state index in [2.05, 4.69) is 0 Å². The highest BCUT2D eigenvalue weighted by molar-refractivity contribution is 5.89. The largest absolute Gasteiger partial charge is 0.507 e.